The van der Waals surface area contributed by atoms with Crippen LogP contribution in [0.25, 0.3) is 0 Å². The summed E-state index contributed by atoms with van der Waals surface area (Å²) >= 11 is 0. The summed E-state index contributed by atoms with van der Waals surface area (Å²) in [5.41, 5.74) is 5.26. The number of hydrazine groups is 1. The normalized spacial score (nSPS) is 27.3. The van der Waals surface area contributed by atoms with E-state index in [2.05, 4.69) is 26.8 Å². The zero-order valence-electron chi connectivity index (χ0n) is 21.0. The molecule has 4 aliphatic rings. The average Bonchev–Trinajstić information content (AvgIpc) is 3.52. The highest BCUT2D eigenvalue weighted by molar-refractivity contribution is 5.80. The summed E-state index contributed by atoms with van der Waals surface area (Å²) < 4.78 is 46.5. The molecule has 3 atom stereocenters. The number of alkyl halides is 3. The van der Waals surface area contributed by atoms with Gasteiger partial charge < -0.3 is 14.5 Å². The largest absolute Gasteiger partial charge is 0.402 e. The molecule has 2 unspecified atom stereocenters. The van der Waals surface area contributed by atoms with Gasteiger partial charge in [0.05, 0.1) is 25.2 Å². The lowest BCUT2D eigenvalue weighted by atomic mass is 9.79. The lowest BCUT2D eigenvalue weighted by molar-refractivity contribution is -0.201. The maximum atomic E-state index is 13.6. The number of nitrogens with zero attached hydrogens (tertiary/aromatic N) is 5. The van der Waals surface area contributed by atoms with Crippen LogP contribution in [0.3, 0.4) is 0 Å². The Balaban J connectivity index is 1.04. The molecule has 5 heterocycles. The third kappa shape index (κ3) is 5.43. The van der Waals surface area contributed by atoms with Gasteiger partial charge in [-0.15, -0.1) is 0 Å². The molecule has 2 N–H and O–H groups in total. The van der Waals surface area contributed by atoms with Crippen molar-refractivity contribution in [2.24, 2.45) is 11.3 Å². The number of nitrogens with one attached hydrogen (secondary N) is 2. The Labute approximate surface area is 219 Å². The minimum absolute atomic E-state index is 0.0131. The lowest BCUT2D eigenvalue weighted by Gasteiger charge is -2.48. The minimum Gasteiger partial charge on any atom is -0.379 e. The number of carbonyl (C=O) groups excluding carboxylic acids is 2. The van der Waals surface area contributed by atoms with E-state index in [1.54, 1.807) is 17.2 Å². The molecule has 1 aromatic rings. The molecule has 1 spiro atoms. The Kier molecular flexibility index (Phi) is 7.48. The number of hydrogen-bond donors (Lipinski definition) is 2. The van der Waals surface area contributed by atoms with Gasteiger partial charge in [0.2, 0.25) is 11.8 Å². The summed E-state index contributed by atoms with van der Waals surface area (Å²) in [6, 6.07) is 4.47. The van der Waals surface area contributed by atoms with Crippen LogP contribution in [0.15, 0.2) is 18.3 Å². The molecule has 10 nitrogen and oxygen atoms in total. The molecule has 206 valence electrons. The van der Waals surface area contributed by atoms with Crippen molar-refractivity contribution in [2.75, 3.05) is 57.4 Å². The van der Waals surface area contributed by atoms with Crippen LogP contribution in [0, 0.1) is 22.7 Å². The molecule has 13 heteroatoms. The molecule has 5 rings (SSSR count). The number of likely N-dealkylation sites (tertiary alicyclic amines) is 2. The highest BCUT2D eigenvalue weighted by Gasteiger charge is 2.54. The summed E-state index contributed by atoms with van der Waals surface area (Å²) in [4.78, 5) is 34.8. The molecule has 2 amide bonds. The van der Waals surface area contributed by atoms with Gasteiger partial charge in [-0.05, 0) is 37.9 Å². The molecule has 0 bridgehead atoms. The molecular formula is C25H32F3N7O3. The first-order valence-electron chi connectivity index (χ1n) is 13.0. The van der Waals surface area contributed by atoms with Gasteiger partial charge in [-0.2, -0.15) is 18.4 Å². The van der Waals surface area contributed by atoms with Gasteiger partial charge in [0.25, 0.3) is 0 Å². The van der Waals surface area contributed by atoms with Gasteiger partial charge in [-0.1, -0.05) is 0 Å². The fraction of sp³-hybridized carbons (Fsp3) is 0.680. The van der Waals surface area contributed by atoms with Gasteiger partial charge in [-0.25, -0.2) is 10.4 Å². The quantitative estimate of drug-likeness (QED) is 0.498. The van der Waals surface area contributed by atoms with E-state index in [9.17, 15) is 22.8 Å². The van der Waals surface area contributed by atoms with Crippen LogP contribution in [0.2, 0.25) is 0 Å². The number of halogens is 3. The van der Waals surface area contributed by atoms with Gasteiger partial charge >= 0.3 is 6.18 Å². The summed E-state index contributed by atoms with van der Waals surface area (Å²) in [5.74, 6) is -2.29. The van der Waals surface area contributed by atoms with E-state index >= 15 is 0 Å². The topological polar surface area (TPSA) is 114 Å². The van der Waals surface area contributed by atoms with Crippen molar-refractivity contribution in [2.45, 2.75) is 43.9 Å². The van der Waals surface area contributed by atoms with E-state index in [0.717, 1.165) is 31.7 Å². The second kappa shape index (κ2) is 10.7. The van der Waals surface area contributed by atoms with E-state index in [1.165, 1.54) is 0 Å². The summed E-state index contributed by atoms with van der Waals surface area (Å²) in [7, 11) is 0. The summed E-state index contributed by atoms with van der Waals surface area (Å²) in [5, 5.41) is 8.94. The Morgan fingerprint density at radius 1 is 1.26 bits per heavy atom. The smallest absolute Gasteiger partial charge is 0.379 e. The van der Waals surface area contributed by atoms with Crippen LogP contribution in [0.1, 0.15) is 31.2 Å². The van der Waals surface area contributed by atoms with Crippen LogP contribution in [0.5, 0.6) is 0 Å². The SMILES string of the molecule is N#Cc1ccc(N2CCC3(CN(C(=O)CCOC[C@@H]4CCCN4C4CNNC(=O)C4C(F)(F)F)C3)C2)nc1. The Morgan fingerprint density at radius 2 is 2.08 bits per heavy atom. The number of carbonyl (C=O) groups is 2. The Hall–Kier alpha value is -2.95. The van der Waals surface area contributed by atoms with Crippen LogP contribution in [-0.4, -0.2) is 97.3 Å². The van der Waals surface area contributed by atoms with Crippen molar-refractivity contribution in [3.8, 4) is 6.07 Å². The molecular weight excluding hydrogens is 503 g/mol. The molecule has 0 aliphatic carbocycles. The second-order valence-electron chi connectivity index (χ2n) is 10.8. The van der Waals surface area contributed by atoms with E-state index < -0.39 is 24.0 Å². The number of anilines is 1. The number of nitriles is 1. The van der Waals surface area contributed by atoms with E-state index in [-0.39, 0.29) is 43.5 Å². The summed E-state index contributed by atoms with van der Waals surface area (Å²) in [6.45, 7) is 3.97. The first-order chi connectivity index (χ1) is 18.2. The second-order valence-corrected chi connectivity index (χ2v) is 10.8. The first kappa shape index (κ1) is 26.6. The van der Waals surface area contributed by atoms with Gasteiger partial charge in [0, 0.05) is 56.4 Å². The van der Waals surface area contributed by atoms with Gasteiger partial charge in [0.1, 0.15) is 11.9 Å². The van der Waals surface area contributed by atoms with Crippen molar-refractivity contribution in [1.82, 2.24) is 25.6 Å². The molecule has 4 fully saturated rings. The van der Waals surface area contributed by atoms with Crippen LogP contribution < -0.4 is 15.8 Å². The maximum Gasteiger partial charge on any atom is 0.402 e. The zero-order valence-corrected chi connectivity index (χ0v) is 21.0. The fourth-order valence-electron chi connectivity index (χ4n) is 6.27. The molecule has 1 aromatic heterocycles. The van der Waals surface area contributed by atoms with Crippen molar-refractivity contribution in [3.63, 3.8) is 0 Å². The molecule has 4 aliphatic heterocycles. The monoisotopic (exact) mass is 535 g/mol. The Bertz CT molecular complexity index is 1070. The van der Waals surface area contributed by atoms with Crippen LogP contribution in [-0.2, 0) is 14.3 Å². The predicted octanol–water partition coefficient (Wildman–Crippen LogP) is 1.04. The van der Waals surface area contributed by atoms with Gasteiger partial charge in [0.15, 0.2) is 5.92 Å². The fourth-order valence-corrected chi connectivity index (χ4v) is 6.27. The highest BCUT2D eigenvalue weighted by atomic mass is 19.4. The minimum atomic E-state index is -4.62. The predicted molar refractivity (Wildman–Crippen MR) is 129 cm³/mol. The van der Waals surface area contributed by atoms with Crippen molar-refractivity contribution in [1.29, 1.82) is 5.26 Å². The van der Waals surface area contributed by atoms with Crippen LogP contribution in [0.4, 0.5) is 19.0 Å². The van der Waals surface area contributed by atoms with Crippen molar-refractivity contribution >= 4 is 17.6 Å². The highest BCUT2D eigenvalue weighted by Crippen LogP contribution is 2.41. The number of aromatic nitrogens is 1. The number of amides is 2. The molecule has 4 saturated heterocycles. The van der Waals surface area contributed by atoms with E-state index in [1.807, 2.05) is 11.0 Å². The van der Waals surface area contributed by atoms with Gasteiger partial charge in [-0.3, -0.25) is 19.9 Å². The molecule has 0 radical (unpaired) electrons. The van der Waals surface area contributed by atoms with Crippen molar-refractivity contribution in [3.05, 3.63) is 23.9 Å². The third-order valence-electron chi connectivity index (χ3n) is 8.21. The zero-order chi connectivity index (χ0) is 26.9. The van der Waals surface area contributed by atoms with E-state index in [0.29, 0.717) is 31.6 Å². The lowest BCUT2D eigenvalue weighted by Crippen LogP contribution is -2.65. The number of rotatable bonds is 7. The molecule has 0 aromatic carbocycles. The Morgan fingerprint density at radius 3 is 2.79 bits per heavy atom. The number of ether oxygens (including phenoxy) is 1. The maximum absolute atomic E-state index is 13.6. The first-order valence-corrected chi connectivity index (χ1v) is 13.0. The third-order valence-corrected chi connectivity index (χ3v) is 8.21. The number of hydrogen-bond acceptors (Lipinski definition) is 8. The summed E-state index contributed by atoms with van der Waals surface area (Å²) in [6.07, 6.45) is -0.433. The average molecular weight is 536 g/mol. The number of pyridine rings is 1. The van der Waals surface area contributed by atoms with Crippen molar-refractivity contribution < 1.29 is 27.5 Å². The molecule has 0 saturated carbocycles. The molecule has 38 heavy (non-hydrogen) atoms. The van der Waals surface area contributed by atoms with Crippen LogP contribution >= 0.6 is 0 Å². The standard InChI is InChI=1S/C25H32F3N7O3/c26-25(27,28)22-19(12-31-32-23(22)37)35-7-1-2-18(35)13-38-9-5-21(36)34-15-24(16-34)6-8-33(14-24)20-4-3-17(10-29)11-30-20/h3-4,11,18-19,22,31H,1-2,5-9,12-16H2,(H,32,37)/t18-,19?,22?/m0/s1. The van der Waals surface area contributed by atoms with E-state index in [4.69, 9.17) is 10.00 Å².